The molecule has 0 saturated heterocycles. The first-order valence-corrected chi connectivity index (χ1v) is 5.88. The number of carbonyl (C=O) groups excluding carboxylic acids is 1. The lowest BCUT2D eigenvalue weighted by atomic mass is 10.1. The first-order valence-electron chi connectivity index (χ1n) is 4.42. The summed E-state index contributed by atoms with van der Waals surface area (Å²) in [4.78, 5) is 11.2. The molecule has 0 aromatic heterocycles. The van der Waals surface area contributed by atoms with E-state index in [-0.39, 0.29) is 11.1 Å². The van der Waals surface area contributed by atoms with Gasteiger partial charge in [0.2, 0.25) is 0 Å². The van der Waals surface area contributed by atoms with Gasteiger partial charge in [0.1, 0.15) is 5.03 Å². The number of benzene rings is 1. The highest BCUT2D eigenvalue weighted by atomic mass is 127. The van der Waals surface area contributed by atoms with Crippen LogP contribution in [0.3, 0.4) is 0 Å². The molecule has 0 N–H and O–H groups in total. The van der Waals surface area contributed by atoms with Gasteiger partial charge in [0.25, 0.3) is 0 Å². The molecule has 1 aromatic carbocycles. The Morgan fingerprint density at radius 1 is 1.47 bits per heavy atom. The Morgan fingerprint density at radius 3 is 2.73 bits per heavy atom. The van der Waals surface area contributed by atoms with E-state index < -0.39 is 5.97 Å². The summed E-state index contributed by atoms with van der Waals surface area (Å²) in [7, 11) is 0. The number of cyclic esters (lactones) is 1. The maximum Gasteiger partial charge on any atom is 0.351 e. The monoisotopic (exact) mass is 334 g/mol. The fourth-order valence-electron chi connectivity index (χ4n) is 1.47. The first kappa shape index (κ1) is 11.0. The van der Waals surface area contributed by atoms with E-state index in [2.05, 4.69) is 22.6 Å². The van der Waals surface area contributed by atoms with Gasteiger partial charge in [-0.3, -0.25) is 0 Å². The molecule has 2 nitrogen and oxygen atoms in total. The van der Waals surface area contributed by atoms with Crippen molar-refractivity contribution in [3.05, 3.63) is 44.0 Å². The summed E-state index contributed by atoms with van der Waals surface area (Å²) >= 11 is 7.85. The molecule has 0 aliphatic carbocycles. The number of halogens is 2. The zero-order valence-corrected chi connectivity index (χ0v) is 10.9. The summed E-state index contributed by atoms with van der Waals surface area (Å²) in [6, 6.07) is 7.86. The number of aryl methyl sites for hydroxylation is 1. The molecule has 0 radical (unpaired) electrons. The van der Waals surface area contributed by atoms with Gasteiger partial charge in [-0.1, -0.05) is 41.4 Å². The molecule has 1 aromatic rings. The highest BCUT2D eigenvalue weighted by Gasteiger charge is 2.32. The fourth-order valence-corrected chi connectivity index (χ4v) is 2.32. The molecule has 4 heteroatoms. The van der Waals surface area contributed by atoms with Crippen LogP contribution in [0.4, 0.5) is 0 Å². The van der Waals surface area contributed by atoms with Crippen LogP contribution in [0.2, 0.25) is 0 Å². The van der Waals surface area contributed by atoms with Crippen molar-refractivity contribution in [2.24, 2.45) is 0 Å². The van der Waals surface area contributed by atoms with Gasteiger partial charge in [-0.05, 0) is 35.1 Å². The summed E-state index contributed by atoms with van der Waals surface area (Å²) in [6.07, 6.45) is -0.328. The third-order valence-corrected chi connectivity index (χ3v) is 3.97. The molecule has 2 rings (SSSR count). The van der Waals surface area contributed by atoms with E-state index >= 15 is 0 Å². The Bertz CT molecular complexity index is 454. The smallest absolute Gasteiger partial charge is 0.351 e. The average molecular weight is 335 g/mol. The van der Waals surface area contributed by atoms with Crippen LogP contribution in [0.25, 0.3) is 0 Å². The van der Waals surface area contributed by atoms with E-state index in [0.29, 0.717) is 0 Å². The minimum Gasteiger partial charge on any atom is -0.448 e. The molecule has 78 valence electrons. The van der Waals surface area contributed by atoms with Gasteiger partial charge in [0.05, 0.1) is 3.58 Å². The molecular formula is C11H8ClIO2. The molecule has 0 amide bonds. The summed E-state index contributed by atoms with van der Waals surface area (Å²) < 4.78 is 5.93. The van der Waals surface area contributed by atoms with E-state index in [9.17, 15) is 4.79 Å². The number of esters is 1. The van der Waals surface area contributed by atoms with Crippen LogP contribution in [0, 0.1) is 6.92 Å². The van der Waals surface area contributed by atoms with Crippen LogP contribution in [0.15, 0.2) is 32.9 Å². The normalized spacial score (nSPS) is 20.7. The minimum atomic E-state index is -0.437. The quantitative estimate of drug-likeness (QED) is 0.580. The van der Waals surface area contributed by atoms with Gasteiger partial charge in [-0.2, -0.15) is 0 Å². The van der Waals surface area contributed by atoms with Gasteiger partial charge in [-0.25, -0.2) is 4.79 Å². The van der Waals surface area contributed by atoms with Crippen LogP contribution in [-0.2, 0) is 9.53 Å². The van der Waals surface area contributed by atoms with Crippen molar-refractivity contribution in [2.75, 3.05) is 0 Å². The molecule has 1 aliphatic rings. The second kappa shape index (κ2) is 4.14. The Kier molecular flexibility index (Phi) is 3.02. The number of hydrogen-bond acceptors (Lipinski definition) is 2. The van der Waals surface area contributed by atoms with Crippen LogP contribution < -0.4 is 0 Å². The van der Waals surface area contributed by atoms with Crippen molar-refractivity contribution >= 4 is 40.2 Å². The molecule has 1 aliphatic heterocycles. The SMILES string of the molecule is Cc1cccc(C2OC(=O)C(Cl)=C2I)c1. The van der Waals surface area contributed by atoms with Crippen LogP contribution >= 0.6 is 34.2 Å². The highest BCUT2D eigenvalue weighted by molar-refractivity contribution is 14.1. The van der Waals surface area contributed by atoms with Gasteiger partial charge in [-0.15, -0.1) is 0 Å². The third-order valence-electron chi connectivity index (χ3n) is 2.19. The summed E-state index contributed by atoms with van der Waals surface area (Å²) in [6.45, 7) is 2.00. The van der Waals surface area contributed by atoms with E-state index in [4.69, 9.17) is 16.3 Å². The first-order chi connectivity index (χ1) is 7.09. The topological polar surface area (TPSA) is 26.3 Å². The van der Waals surface area contributed by atoms with Crippen molar-refractivity contribution in [1.82, 2.24) is 0 Å². The number of carbonyl (C=O) groups is 1. The van der Waals surface area contributed by atoms with E-state index in [1.54, 1.807) is 0 Å². The molecule has 1 unspecified atom stereocenters. The van der Waals surface area contributed by atoms with E-state index in [0.717, 1.165) is 14.7 Å². The Hall–Kier alpha value is -0.550. The van der Waals surface area contributed by atoms with Crippen molar-refractivity contribution < 1.29 is 9.53 Å². The molecule has 0 spiro atoms. The van der Waals surface area contributed by atoms with Crippen LogP contribution in [0.1, 0.15) is 17.2 Å². The van der Waals surface area contributed by atoms with E-state index in [1.807, 2.05) is 31.2 Å². The molecule has 0 bridgehead atoms. The summed E-state index contributed by atoms with van der Waals surface area (Å²) in [5.41, 5.74) is 2.10. The average Bonchev–Trinajstić information content (AvgIpc) is 2.46. The Balaban J connectivity index is 2.39. The number of hydrogen-bond donors (Lipinski definition) is 0. The van der Waals surface area contributed by atoms with Crippen molar-refractivity contribution in [2.45, 2.75) is 13.0 Å². The summed E-state index contributed by atoms with van der Waals surface area (Å²) in [5, 5.41) is 0.196. The maximum atomic E-state index is 11.2. The predicted molar refractivity (Wildman–Crippen MR) is 66.9 cm³/mol. The van der Waals surface area contributed by atoms with E-state index in [1.165, 1.54) is 0 Å². The lowest BCUT2D eigenvalue weighted by Crippen LogP contribution is -2.01. The molecule has 1 atom stereocenters. The molecule has 0 saturated carbocycles. The second-order valence-corrected chi connectivity index (χ2v) is 4.90. The standard InChI is InChI=1S/C11H8ClIO2/c1-6-3-2-4-7(5-6)10-9(13)8(12)11(14)15-10/h2-5,10H,1H3. The zero-order chi connectivity index (χ0) is 11.0. The van der Waals surface area contributed by atoms with Crippen molar-refractivity contribution in [3.63, 3.8) is 0 Å². The van der Waals surface area contributed by atoms with Crippen molar-refractivity contribution in [3.8, 4) is 0 Å². The molecule has 1 heterocycles. The lowest BCUT2D eigenvalue weighted by molar-refractivity contribution is -0.139. The fraction of sp³-hybridized carbons (Fsp3) is 0.182. The van der Waals surface area contributed by atoms with Crippen LogP contribution in [0.5, 0.6) is 0 Å². The Morgan fingerprint density at radius 2 is 2.20 bits per heavy atom. The number of ether oxygens (including phenoxy) is 1. The highest BCUT2D eigenvalue weighted by Crippen LogP contribution is 2.40. The van der Waals surface area contributed by atoms with Crippen molar-refractivity contribution in [1.29, 1.82) is 0 Å². The lowest BCUT2D eigenvalue weighted by Gasteiger charge is -2.11. The maximum absolute atomic E-state index is 11.2. The second-order valence-electron chi connectivity index (χ2n) is 3.36. The third kappa shape index (κ3) is 2.03. The minimum absolute atomic E-state index is 0.196. The largest absolute Gasteiger partial charge is 0.448 e. The van der Waals surface area contributed by atoms with Gasteiger partial charge >= 0.3 is 5.97 Å². The Labute approximate surface area is 106 Å². The molecular weight excluding hydrogens is 326 g/mol. The van der Waals surface area contributed by atoms with Gasteiger partial charge in [0.15, 0.2) is 6.10 Å². The summed E-state index contributed by atoms with van der Waals surface area (Å²) in [5.74, 6) is -0.437. The molecule has 0 fully saturated rings. The van der Waals surface area contributed by atoms with Gasteiger partial charge in [0, 0.05) is 0 Å². The molecule has 15 heavy (non-hydrogen) atoms. The predicted octanol–water partition coefficient (Wildman–Crippen LogP) is 3.48. The number of rotatable bonds is 1. The zero-order valence-electron chi connectivity index (χ0n) is 7.96. The van der Waals surface area contributed by atoms with Crippen LogP contribution in [-0.4, -0.2) is 5.97 Å². The van der Waals surface area contributed by atoms with Gasteiger partial charge < -0.3 is 4.74 Å².